The first-order valence-corrected chi connectivity index (χ1v) is 7.34. The third kappa shape index (κ3) is 2.77. The summed E-state index contributed by atoms with van der Waals surface area (Å²) in [7, 11) is 0. The predicted molar refractivity (Wildman–Crippen MR) is 83.2 cm³/mol. The van der Waals surface area contributed by atoms with Gasteiger partial charge in [-0.2, -0.15) is 0 Å². The number of fused-ring (bicyclic) bond motifs is 1. The SMILES string of the molecule is CC(Oc1cccc2c1CCCC2=NO)c1ccccc1. The number of hydrogen-bond acceptors (Lipinski definition) is 3. The van der Waals surface area contributed by atoms with Gasteiger partial charge in [-0.05, 0) is 37.8 Å². The Morgan fingerprint density at radius 1 is 1.05 bits per heavy atom. The highest BCUT2D eigenvalue weighted by atomic mass is 16.5. The highest BCUT2D eigenvalue weighted by Crippen LogP contribution is 2.32. The molecule has 2 aromatic rings. The Morgan fingerprint density at radius 3 is 2.62 bits per heavy atom. The summed E-state index contributed by atoms with van der Waals surface area (Å²) in [6, 6.07) is 16.1. The summed E-state index contributed by atoms with van der Waals surface area (Å²) in [5.74, 6) is 0.893. The fraction of sp³-hybridized carbons (Fsp3) is 0.278. The van der Waals surface area contributed by atoms with E-state index in [2.05, 4.69) is 24.2 Å². The number of nitrogens with zero attached hydrogens (tertiary/aromatic N) is 1. The van der Waals surface area contributed by atoms with Crippen LogP contribution in [0.2, 0.25) is 0 Å². The van der Waals surface area contributed by atoms with E-state index in [0.29, 0.717) is 0 Å². The standard InChI is InChI=1S/C18H19NO2/c1-13(14-7-3-2-4-8-14)21-18-12-6-9-15-16(18)10-5-11-17(15)19-20/h2-4,6-9,12-13,20H,5,10-11H2,1H3. The van der Waals surface area contributed by atoms with Gasteiger partial charge >= 0.3 is 0 Å². The van der Waals surface area contributed by atoms with Crippen LogP contribution < -0.4 is 4.74 Å². The molecule has 0 saturated carbocycles. The van der Waals surface area contributed by atoms with Gasteiger partial charge in [0.05, 0.1) is 5.71 Å². The van der Waals surface area contributed by atoms with Crippen LogP contribution in [0.5, 0.6) is 5.75 Å². The molecule has 0 fully saturated rings. The Hall–Kier alpha value is -2.29. The summed E-state index contributed by atoms with van der Waals surface area (Å²) in [5.41, 5.74) is 4.08. The molecular formula is C18H19NO2. The number of oxime groups is 1. The van der Waals surface area contributed by atoms with Crippen LogP contribution in [0.3, 0.4) is 0 Å². The van der Waals surface area contributed by atoms with Crippen LogP contribution in [0.1, 0.15) is 42.6 Å². The number of benzene rings is 2. The van der Waals surface area contributed by atoms with Crippen LogP contribution in [0.15, 0.2) is 53.7 Å². The molecular weight excluding hydrogens is 262 g/mol. The van der Waals surface area contributed by atoms with Crippen molar-refractivity contribution in [2.75, 3.05) is 0 Å². The fourth-order valence-corrected chi connectivity index (χ4v) is 2.86. The third-order valence-electron chi connectivity index (χ3n) is 3.98. The molecule has 108 valence electrons. The molecule has 1 aliphatic carbocycles. The first-order valence-electron chi connectivity index (χ1n) is 7.34. The molecule has 3 rings (SSSR count). The zero-order valence-corrected chi connectivity index (χ0v) is 12.1. The van der Waals surface area contributed by atoms with Gasteiger partial charge in [-0.3, -0.25) is 0 Å². The molecule has 1 N–H and O–H groups in total. The maximum Gasteiger partial charge on any atom is 0.124 e. The Kier molecular flexibility index (Phi) is 3.91. The third-order valence-corrected chi connectivity index (χ3v) is 3.98. The Morgan fingerprint density at radius 2 is 1.86 bits per heavy atom. The Balaban J connectivity index is 1.90. The average Bonchev–Trinajstić information content (AvgIpc) is 2.55. The van der Waals surface area contributed by atoms with Crippen molar-refractivity contribution < 1.29 is 9.94 Å². The van der Waals surface area contributed by atoms with Gasteiger partial charge in [-0.25, -0.2) is 0 Å². The van der Waals surface area contributed by atoms with Gasteiger partial charge in [-0.1, -0.05) is 47.6 Å². The summed E-state index contributed by atoms with van der Waals surface area (Å²) in [6.45, 7) is 2.05. The molecule has 0 spiro atoms. The zero-order valence-electron chi connectivity index (χ0n) is 12.1. The lowest BCUT2D eigenvalue weighted by atomic mass is 9.89. The van der Waals surface area contributed by atoms with Gasteiger partial charge < -0.3 is 9.94 Å². The quantitative estimate of drug-likeness (QED) is 0.671. The van der Waals surface area contributed by atoms with Crippen molar-refractivity contribution in [3.63, 3.8) is 0 Å². The van der Waals surface area contributed by atoms with Crippen LogP contribution in [0.25, 0.3) is 0 Å². The van der Waals surface area contributed by atoms with Crippen LogP contribution in [-0.2, 0) is 6.42 Å². The van der Waals surface area contributed by atoms with Crippen molar-refractivity contribution >= 4 is 5.71 Å². The van der Waals surface area contributed by atoms with Crippen molar-refractivity contribution in [3.05, 3.63) is 65.2 Å². The van der Waals surface area contributed by atoms with Crippen LogP contribution in [0, 0.1) is 0 Å². The minimum atomic E-state index is -0.00542. The Labute approximate surface area is 124 Å². The zero-order chi connectivity index (χ0) is 14.7. The molecule has 2 aromatic carbocycles. The molecule has 0 aromatic heterocycles. The van der Waals surface area contributed by atoms with E-state index in [4.69, 9.17) is 9.94 Å². The van der Waals surface area contributed by atoms with Gasteiger partial charge in [0.25, 0.3) is 0 Å². The lowest BCUT2D eigenvalue weighted by molar-refractivity contribution is 0.224. The largest absolute Gasteiger partial charge is 0.486 e. The second-order valence-electron chi connectivity index (χ2n) is 5.35. The summed E-state index contributed by atoms with van der Waals surface area (Å²) in [6.07, 6.45) is 2.77. The molecule has 3 heteroatoms. The van der Waals surface area contributed by atoms with Crippen molar-refractivity contribution in [1.29, 1.82) is 0 Å². The van der Waals surface area contributed by atoms with E-state index in [1.54, 1.807) is 0 Å². The second kappa shape index (κ2) is 6.00. The lowest BCUT2D eigenvalue weighted by Gasteiger charge is -2.23. The second-order valence-corrected chi connectivity index (χ2v) is 5.35. The molecule has 0 radical (unpaired) electrons. The monoisotopic (exact) mass is 281 g/mol. The van der Waals surface area contributed by atoms with Crippen molar-refractivity contribution in [2.45, 2.75) is 32.3 Å². The van der Waals surface area contributed by atoms with Gasteiger partial charge in [0.15, 0.2) is 0 Å². The van der Waals surface area contributed by atoms with Crippen molar-refractivity contribution in [3.8, 4) is 5.75 Å². The molecule has 0 saturated heterocycles. The first kappa shape index (κ1) is 13.7. The highest BCUT2D eigenvalue weighted by Gasteiger charge is 2.20. The normalized spacial score (nSPS) is 17.3. The van der Waals surface area contributed by atoms with Crippen LogP contribution in [-0.4, -0.2) is 10.9 Å². The molecule has 0 aliphatic heterocycles. The highest BCUT2D eigenvalue weighted by molar-refractivity contribution is 6.02. The summed E-state index contributed by atoms with van der Waals surface area (Å²) in [5, 5.41) is 12.6. The molecule has 0 heterocycles. The van der Waals surface area contributed by atoms with Crippen LogP contribution >= 0.6 is 0 Å². The van der Waals surface area contributed by atoms with E-state index < -0.39 is 0 Å². The smallest absolute Gasteiger partial charge is 0.124 e. The summed E-state index contributed by atoms with van der Waals surface area (Å²) in [4.78, 5) is 0. The van der Waals surface area contributed by atoms with Gasteiger partial charge in [0.1, 0.15) is 11.9 Å². The van der Waals surface area contributed by atoms with E-state index in [0.717, 1.165) is 47.4 Å². The summed E-state index contributed by atoms with van der Waals surface area (Å²) >= 11 is 0. The molecule has 0 amide bonds. The minimum Gasteiger partial charge on any atom is -0.486 e. The van der Waals surface area contributed by atoms with Gasteiger partial charge in [0.2, 0.25) is 0 Å². The van der Waals surface area contributed by atoms with E-state index in [9.17, 15) is 0 Å². The van der Waals surface area contributed by atoms with E-state index in [1.807, 2.05) is 36.4 Å². The molecule has 1 atom stereocenters. The van der Waals surface area contributed by atoms with Crippen molar-refractivity contribution in [1.82, 2.24) is 0 Å². The maximum atomic E-state index is 9.14. The molecule has 21 heavy (non-hydrogen) atoms. The van der Waals surface area contributed by atoms with E-state index in [-0.39, 0.29) is 6.10 Å². The van der Waals surface area contributed by atoms with E-state index >= 15 is 0 Å². The number of rotatable bonds is 3. The van der Waals surface area contributed by atoms with Crippen LogP contribution in [0.4, 0.5) is 0 Å². The molecule has 1 unspecified atom stereocenters. The first-order chi connectivity index (χ1) is 10.3. The number of ether oxygens (including phenoxy) is 1. The van der Waals surface area contributed by atoms with Crippen molar-refractivity contribution in [2.24, 2.45) is 5.16 Å². The van der Waals surface area contributed by atoms with Gasteiger partial charge in [0, 0.05) is 11.1 Å². The molecule has 0 bridgehead atoms. The topological polar surface area (TPSA) is 41.8 Å². The predicted octanol–water partition coefficient (Wildman–Crippen LogP) is 4.34. The minimum absolute atomic E-state index is 0.00542. The van der Waals surface area contributed by atoms with Gasteiger partial charge in [-0.15, -0.1) is 0 Å². The Bertz CT molecular complexity index is 650. The maximum absolute atomic E-state index is 9.14. The number of hydrogen-bond donors (Lipinski definition) is 1. The molecule has 3 nitrogen and oxygen atoms in total. The van der Waals surface area contributed by atoms with E-state index in [1.165, 1.54) is 0 Å². The summed E-state index contributed by atoms with van der Waals surface area (Å²) < 4.78 is 6.15. The average molecular weight is 281 g/mol. The fourth-order valence-electron chi connectivity index (χ4n) is 2.86. The molecule has 1 aliphatic rings. The lowest BCUT2D eigenvalue weighted by Crippen LogP contribution is -2.14.